The largest absolute Gasteiger partial charge is 0.317 e. The molecule has 4 aromatic rings. The molecule has 33 heavy (non-hydrogen) atoms. The molecule has 166 valence electrons. The Balaban J connectivity index is 1.27. The van der Waals surface area contributed by atoms with Gasteiger partial charge in [-0.15, -0.1) is 0 Å². The van der Waals surface area contributed by atoms with Crippen molar-refractivity contribution in [1.82, 2.24) is 35.2 Å². The first-order valence-corrected chi connectivity index (χ1v) is 11.5. The molecule has 7 nitrogen and oxygen atoms in total. The van der Waals surface area contributed by atoms with Crippen LogP contribution in [0.4, 0.5) is 0 Å². The fourth-order valence-electron chi connectivity index (χ4n) is 4.20. The van der Waals surface area contributed by atoms with Crippen LogP contribution in [0.15, 0.2) is 61.1 Å². The lowest BCUT2D eigenvalue weighted by atomic mass is 9.91. The molecule has 1 aliphatic rings. The molecule has 0 spiro atoms. The molecule has 1 N–H and O–H groups in total. The van der Waals surface area contributed by atoms with E-state index in [9.17, 15) is 0 Å². The molecule has 1 fully saturated rings. The maximum Gasteiger partial charge on any atom is 0.178 e. The van der Waals surface area contributed by atoms with Crippen LogP contribution in [0.25, 0.3) is 11.5 Å². The Kier molecular flexibility index (Phi) is 6.39. The number of rotatable bonds is 6. The Morgan fingerprint density at radius 2 is 1.61 bits per heavy atom. The molecule has 0 aromatic carbocycles. The first kappa shape index (κ1) is 21.3. The molecular formula is C26H27N7. The summed E-state index contributed by atoms with van der Waals surface area (Å²) >= 11 is 0. The van der Waals surface area contributed by atoms with Crippen LogP contribution in [0.5, 0.6) is 0 Å². The number of pyridine rings is 2. The molecule has 0 aliphatic carbocycles. The Bertz CT molecular complexity index is 1220. The Hall–Kier alpha value is -3.58. The highest BCUT2D eigenvalue weighted by Gasteiger charge is 2.15. The van der Waals surface area contributed by atoms with Gasteiger partial charge in [0.1, 0.15) is 11.5 Å². The maximum atomic E-state index is 4.76. The van der Waals surface area contributed by atoms with E-state index in [4.69, 9.17) is 9.97 Å². The number of nitrogens with one attached hydrogen (secondary N) is 1. The maximum absolute atomic E-state index is 4.76. The fourth-order valence-corrected chi connectivity index (χ4v) is 4.20. The molecular weight excluding hydrogens is 410 g/mol. The van der Waals surface area contributed by atoms with Crippen LogP contribution in [0.2, 0.25) is 0 Å². The summed E-state index contributed by atoms with van der Waals surface area (Å²) in [6.45, 7) is 4.14. The molecule has 7 heteroatoms. The van der Waals surface area contributed by atoms with Crippen molar-refractivity contribution in [2.24, 2.45) is 0 Å². The Morgan fingerprint density at radius 3 is 2.39 bits per heavy atom. The highest BCUT2D eigenvalue weighted by molar-refractivity contribution is 5.49. The van der Waals surface area contributed by atoms with Gasteiger partial charge < -0.3 is 5.32 Å². The number of hydrogen-bond acceptors (Lipinski definition) is 7. The summed E-state index contributed by atoms with van der Waals surface area (Å²) in [7, 11) is 0. The number of nitrogens with zero attached hydrogens (tertiary/aromatic N) is 6. The molecule has 0 unspecified atom stereocenters. The summed E-state index contributed by atoms with van der Waals surface area (Å²) in [5.41, 5.74) is 5.86. The number of hydrogen-bond donors (Lipinski definition) is 1. The summed E-state index contributed by atoms with van der Waals surface area (Å²) in [5, 5.41) is 3.42. The molecule has 0 radical (unpaired) electrons. The number of aryl methyl sites for hydroxylation is 1. The lowest BCUT2D eigenvalue weighted by molar-refractivity contribution is 0.459. The third kappa shape index (κ3) is 5.43. The summed E-state index contributed by atoms with van der Waals surface area (Å²) in [6.07, 6.45) is 9.19. The predicted octanol–water partition coefficient (Wildman–Crippen LogP) is 3.68. The molecule has 0 amide bonds. The van der Waals surface area contributed by atoms with Crippen molar-refractivity contribution in [2.45, 2.75) is 38.5 Å². The van der Waals surface area contributed by atoms with Gasteiger partial charge in [-0.1, -0.05) is 12.1 Å². The third-order valence-corrected chi connectivity index (χ3v) is 5.95. The quantitative estimate of drug-likeness (QED) is 0.492. The van der Waals surface area contributed by atoms with E-state index >= 15 is 0 Å². The zero-order chi connectivity index (χ0) is 22.5. The van der Waals surface area contributed by atoms with Crippen LogP contribution in [-0.4, -0.2) is 43.0 Å². The van der Waals surface area contributed by atoms with Gasteiger partial charge in [-0.2, -0.15) is 0 Å². The third-order valence-electron chi connectivity index (χ3n) is 5.95. The smallest absolute Gasteiger partial charge is 0.178 e. The highest BCUT2D eigenvalue weighted by atomic mass is 14.9. The van der Waals surface area contributed by atoms with Crippen LogP contribution in [0, 0.1) is 6.92 Å². The van der Waals surface area contributed by atoms with Crippen molar-refractivity contribution in [3.8, 4) is 11.5 Å². The van der Waals surface area contributed by atoms with E-state index in [-0.39, 0.29) is 0 Å². The van der Waals surface area contributed by atoms with Gasteiger partial charge in [0.2, 0.25) is 0 Å². The van der Waals surface area contributed by atoms with E-state index in [1.54, 1.807) is 6.20 Å². The molecule has 0 bridgehead atoms. The van der Waals surface area contributed by atoms with Crippen LogP contribution in [0.3, 0.4) is 0 Å². The first-order valence-electron chi connectivity index (χ1n) is 11.5. The van der Waals surface area contributed by atoms with Crippen LogP contribution < -0.4 is 5.32 Å². The van der Waals surface area contributed by atoms with Gasteiger partial charge in [0, 0.05) is 36.4 Å². The van der Waals surface area contributed by atoms with Crippen molar-refractivity contribution in [3.63, 3.8) is 0 Å². The van der Waals surface area contributed by atoms with Gasteiger partial charge in [-0.25, -0.2) is 24.9 Å². The minimum absolute atomic E-state index is 0.610. The zero-order valence-corrected chi connectivity index (χ0v) is 18.8. The highest BCUT2D eigenvalue weighted by Crippen LogP contribution is 2.24. The Labute approximate surface area is 193 Å². The van der Waals surface area contributed by atoms with Crippen LogP contribution in [0.1, 0.15) is 52.9 Å². The van der Waals surface area contributed by atoms with Gasteiger partial charge in [0.05, 0.1) is 17.8 Å². The van der Waals surface area contributed by atoms with E-state index in [1.807, 2.05) is 49.6 Å². The SMILES string of the molecule is Cc1cccc(-c2nccc(Cc3ccnc(Cc4ccc(C5CCNCC5)cn4)n3)n2)n1. The van der Waals surface area contributed by atoms with Gasteiger partial charge >= 0.3 is 0 Å². The zero-order valence-electron chi connectivity index (χ0n) is 18.8. The second-order valence-corrected chi connectivity index (χ2v) is 8.46. The standard InChI is InChI=1S/C26H27N7/c1-18-3-2-4-24(31-18)26-29-14-10-23(33-26)15-22-9-13-28-25(32-22)16-21-6-5-20(17-30-21)19-7-11-27-12-8-19/h2-6,9-10,13-14,17,19,27H,7-8,11-12,15-16H2,1H3. The van der Waals surface area contributed by atoms with Gasteiger partial charge in [-0.3, -0.25) is 4.98 Å². The average molecular weight is 438 g/mol. The van der Waals surface area contributed by atoms with Crippen LogP contribution >= 0.6 is 0 Å². The topological polar surface area (TPSA) is 89.4 Å². The number of aromatic nitrogens is 6. The van der Waals surface area contributed by atoms with Gasteiger partial charge in [0.25, 0.3) is 0 Å². The van der Waals surface area contributed by atoms with E-state index < -0.39 is 0 Å². The monoisotopic (exact) mass is 437 g/mol. The summed E-state index contributed by atoms with van der Waals surface area (Å²) in [5.74, 6) is 2.01. The second-order valence-electron chi connectivity index (χ2n) is 8.46. The normalized spacial score (nSPS) is 14.3. The van der Waals surface area contributed by atoms with Crippen molar-refractivity contribution in [3.05, 3.63) is 95.2 Å². The van der Waals surface area contributed by atoms with Gasteiger partial charge in [-0.05, 0) is 74.7 Å². The molecule has 1 saturated heterocycles. The lowest BCUT2D eigenvalue weighted by Gasteiger charge is -2.22. The second kappa shape index (κ2) is 9.92. The molecule has 0 atom stereocenters. The molecule has 4 aromatic heterocycles. The minimum atomic E-state index is 0.610. The minimum Gasteiger partial charge on any atom is -0.317 e. The van der Waals surface area contributed by atoms with Crippen molar-refractivity contribution in [1.29, 1.82) is 0 Å². The summed E-state index contributed by atoms with van der Waals surface area (Å²) in [6, 6.07) is 14.0. The number of piperidine rings is 1. The van der Waals surface area contributed by atoms with Crippen molar-refractivity contribution >= 4 is 0 Å². The molecule has 1 aliphatic heterocycles. The summed E-state index contributed by atoms with van der Waals surface area (Å²) < 4.78 is 0. The van der Waals surface area contributed by atoms with E-state index in [2.05, 4.69) is 37.4 Å². The fraction of sp³-hybridized carbons (Fsp3) is 0.308. The van der Waals surface area contributed by atoms with E-state index in [1.165, 1.54) is 18.4 Å². The Morgan fingerprint density at radius 1 is 0.788 bits per heavy atom. The summed E-state index contributed by atoms with van der Waals surface area (Å²) in [4.78, 5) is 27.5. The van der Waals surface area contributed by atoms with Crippen molar-refractivity contribution < 1.29 is 0 Å². The van der Waals surface area contributed by atoms with Crippen LogP contribution in [-0.2, 0) is 12.8 Å². The van der Waals surface area contributed by atoms with E-state index in [0.717, 1.165) is 47.4 Å². The average Bonchev–Trinajstić information content (AvgIpc) is 2.85. The predicted molar refractivity (Wildman–Crippen MR) is 127 cm³/mol. The molecule has 0 saturated carbocycles. The van der Waals surface area contributed by atoms with E-state index in [0.29, 0.717) is 24.6 Å². The molecule has 5 heterocycles. The molecule has 5 rings (SSSR count). The first-order chi connectivity index (χ1) is 16.2. The van der Waals surface area contributed by atoms with Crippen molar-refractivity contribution in [2.75, 3.05) is 13.1 Å². The van der Waals surface area contributed by atoms with Gasteiger partial charge in [0.15, 0.2) is 5.82 Å². The lowest BCUT2D eigenvalue weighted by Crippen LogP contribution is -2.26.